The molecule has 0 saturated carbocycles. The molecule has 0 aliphatic rings. The third-order valence-electron chi connectivity index (χ3n) is 3.99. The van der Waals surface area contributed by atoms with Gasteiger partial charge in [-0.2, -0.15) is 0 Å². The third-order valence-corrected chi connectivity index (χ3v) is 4.61. The van der Waals surface area contributed by atoms with Gasteiger partial charge in [-0.05, 0) is 59.8 Å². The fraction of sp³-hybridized carbons (Fsp3) is 0.500. The summed E-state index contributed by atoms with van der Waals surface area (Å²) in [5, 5.41) is 12.2. The molecular weight excluding hydrogens is 334 g/mol. The smallest absolute Gasteiger partial charge is 0.310 e. The molecule has 1 amide bonds. The molecule has 0 aromatic heterocycles. The van der Waals surface area contributed by atoms with Gasteiger partial charge in [0.2, 0.25) is 5.91 Å². The lowest BCUT2D eigenvalue weighted by atomic mass is 9.76. The van der Waals surface area contributed by atoms with Crippen LogP contribution in [-0.2, 0) is 9.59 Å². The van der Waals surface area contributed by atoms with E-state index in [-0.39, 0.29) is 18.2 Å². The van der Waals surface area contributed by atoms with Crippen molar-refractivity contribution in [3.8, 4) is 0 Å². The van der Waals surface area contributed by atoms with Crippen molar-refractivity contribution < 1.29 is 14.7 Å². The molecule has 1 rings (SSSR count). The first-order valence-corrected chi connectivity index (χ1v) is 7.67. The molecule has 2 N–H and O–H groups in total. The van der Waals surface area contributed by atoms with Gasteiger partial charge in [0.15, 0.2) is 0 Å². The van der Waals surface area contributed by atoms with Gasteiger partial charge in [0.05, 0.1) is 11.1 Å². The first kappa shape index (κ1) is 17.7. The Balaban J connectivity index is 2.95. The lowest BCUT2D eigenvalue weighted by Gasteiger charge is -2.28. The number of halogens is 1. The van der Waals surface area contributed by atoms with Crippen LogP contribution >= 0.6 is 15.9 Å². The van der Waals surface area contributed by atoms with Gasteiger partial charge >= 0.3 is 5.97 Å². The van der Waals surface area contributed by atoms with Crippen molar-refractivity contribution in [3.63, 3.8) is 0 Å². The van der Waals surface area contributed by atoms with Gasteiger partial charge in [-0.1, -0.05) is 19.9 Å². The Labute approximate surface area is 134 Å². The van der Waals surface area contributed by atoms with Crippen LogP contribution in [0.2, 0.25) is 0 Å². The molecule has 0 aliphatic heterocycles. The number of nitrogens with one attached hydrogen (secondary N) is 1. The molecule has 0 heterocycles. The highest BCUT2D eigenvalue weighted by Crippen LogP contribution is 2.33. The molecule has 0 aliphatic carbocycles. The second-order valence-electron chi connectivity index (χ2n) is 6.04. The zero-order chi connectivity index (χ0) is 16.4. The summed E-state index contributed by atoms with van der Waals surface area (Å²) in [6, 6.07) is 3.89. The van der Waals surface area contributed by atoms with Crippen molar-refractivity contribution in [3.05, 3.63) is 27.7 Å². The second kappa shape index (κ2) is 6.60. The van der Waals surface area contributed by atoms with Gasteiger partial charge < -0.3 is 10.4 Å². The van der Waals surface area contributed by atoms with Crippen molar-refractivity contribution >= 4 is 33.5 Å². The Hall–Kier alpha value is -1.36. The summed E-state index contributed by atoms with van der Waals surface area (Å²) in [4.78, 5) is 23.7. The lowest BCUT2D eigenvalue weighted by Crippen LogP contribution is -2.37. The maximum absolute atomic E-state index is 12.2. The molecule has 0 saturated heterocycles. The highest BCUT2D eigenvalue weighted by Gasteiger charge is 2.38. The molecule has 116 valence electrons. The number of anilines is 1. The quantitative estimate of drug-likeness (QED) is 0.833. The van der Waals surface area contributed by atoms with Gasteiger partial charge in [-0.25, -0.2) is 0 Å². The molecule has 1 unspecified atom stereocenters. The minimum Gasteiger partial charge on any atom is -0.481 e. The molecule has 21 heavy (non-hydrogen) atoms. The number of carbonyl (C=O) groups is 2. The van der Waals surface area contributed by atoms with Crippen LogP contribution in [0, 0.1) is 25.2 Å². The van der Waals surface area contributed by atoms with E-state index in [4.69, 9.17) is 0 Å². The maximum Gasteiger partial charge on any atom is 0.310 e. The molecule has 0 bridgehead atoms. The fourth-order valence-corrected chi connectivity index (χ4v) is 2.89. The molecule has 0 radical (unpaired) electrons. The number of hydrogen-bond acceptors (Lipinski definition) is 2. The number of carboxylic acids is 1. The molecule has 4 nitrogen and oxygen atoms in total. The second-order valence-corrected chi connectivity index (χ2v) is 6.90. The minimum absolute atomic E-state index is 0.0558. The number of hydrogen-bond donors (Lipinski definition) is 2. The van der Waals surface area contributed by atoms with Gasteiger partial charge in [0.1, 0.15) is 0 Å². The molecular formula is C16H22BrNO3. The van der Waals surface area contributed by atoms with Gasteiger partial charge in [-0.15, -0.1) is 0 Å². The Morgan fingerprint density at radius 3 is 2.33 bits per heavy atom. The van der Waals surface area contributed by atoms with E-state index in [0.29, 0.717) is 5.69 Å². The van der Waals surface area contributed by atoms with Crippen molar-refractivity contribution in [1.82, 2.24) is 0 Å². The number of benzene rings is 1. The summed E-state index contributed by atoms with van der Waals surface area (Å²) in [6.45, 7) is 9.12. The summed E-state index contributed by atoms with van der Waals surface area (Å²) in [7, 11) is 0. The van der Waals surface area contributed by atoms with E-state index in [9.17, 15) is 14.7 Å². The minimum atomic E-state index is -1.07. The highest BCUT2D eigenvalue weighted by molar-refractivity contribution is 9.10. The highest BCUT2D eigenvalue weighted by atomic mass is 79.9. The Kier molecular flexibility index (Phi) is 5.56. The molecule has 1 aromatic carbocycles. The Morgan fingerprint density at radius 2 is 1.90 bits per heavy atom. The molecule has 1 atom stereocenters. The Morgan fingerprint density at radius 1 is 1.33 bits per heavy atom. The maximum atomic E-state index is 12.2. The molecule has 0 spiro atoms. The summed E-state index contributed by atoms with van der Waals surface area (Å²) in [5.74, 6) is -1.38. The number of aliphatic carboxylic acids is 1. The van der Waals surface area contributed by atoms with Crippen molar-refractivity contribution in [2.45, 2.75) is 41.0 Å². The van der Waals surface area contributed by atoms with Crippen molar-refractivity contribution in [2.75, 3.05) is 5.32 Å². The zero-order valence-corrected chi connectivity index (χ0v) is 14.7. The Bertz CT molecular complexity index is 546. The first-order valence-electron chi connectivity index (χ1n) is 6.88. The van der Waals surface area contributed by atoms with E-state index in [2.05, 4.69) is 21.2 Å². The molecule has 0 fully saturated rings. The van der Waals surface area contributed by atoms with Crippen LogP contribution in [0.3, 0.4) is 0 Å². The van der Waals surface area contributed by atoms with E-state index in [1.54, 1.807) is 6.92 Å². The summed E-state index contributed by atoms with van der Waals surface area (Å²) < 4.78 is 0.801. The summed E-state index contributed by atoms with van der Waals surface area (Å²) in [6.07, 6.45) is -0.0558. The summed E-state index contributed by atoms with van der Waals surface area (Å²) in [5.41, 5.74) is 1.66. The van der Waals surface area contributed by atoms with Crippen molar-refractivity contribution in [1.29, 1.82) is 0 Å². The van der Waals surface area contributed by atoms with Gasteiger partial charge in [0.25, 0.3) is 0 Å². The largest absolute Gasteiger partial charge is 0.481 e. The predicted molar refractivity (Wildman–Crippen MR) is 87.4 cm³/mol. The van der Waals surface area contributed by atoms with E-state index in [1.165, 1.54) is 0 Å². The van der Waals surface area contributed by atoms with Crippen LogP contribution in [0.25, 0.3) is 0 Å². The SMILES string of the molecule is Cc1cc(C)c(NC(=O)CC(C)(C(=O)O)C(C)C)c(Br)c1. The van der Waals surface area contributed by atoms with E-state index < -0.39 is 11.4 Å². The number of amides is 1. The van der Waals surface area contributed by atoms with Crippen molar-refractivity contribution in [2.24, 2.45) is 11.3 Å². The van der Waals surface area contributed by atoms with E-state index >= 15 is 0 Å². The van der Waals surface area contributed by atoms with Crippen LogP contribution in [-0.4, -0.2) is 17.0 Å². The van der Waals surface area contributed by atoms with Gasteiger partial charge in [-0.3, -0.25) is 9.59 Å². The van der Waals surface area contributed by atoms with Gasteiger partial charge in [0, 0.05) is 10.9 Å². The lowest BCUT2D eigenvalue weighted by molar-refractivity contribution is -0.153. The van der Waals surface area contributed by atoms with E-state index in [0.717, 1.165) is 15.6 Å². The average Bonchev–Trinajstić information content (AvgIpc) is 2.33. The van der Waals surface area contributed by atoms with Crippen LogP contribution in [0.1, 0.15) is 38.3 Å². The first-order chi connectivity index (χ1) is 9.57. The molecule has 1 aromatic rings. The van der Waals surface area contributed by atoms with E-state index in [1.807, 2.05) is 39.8 Å². The summed E-state index contributed by atoms with van der Waals surface area (Å²) >= 11 is 3.43. The van der Waals surface area contributed by atoms with Crippen LogP contribution in [0.15, 0.2) is 16.6 Å². The molecule has 5 heteroatoms. The standard InChI is InChI=1S/C16H22BrNO3/c1-9(2)16(5,15(20)21)8-13(19)18-14-11(4)6-10(3)7-12(14)17/h6-7,9H,8H2,1-5H3,(H,18,19)(H,20,21). The predicted octanol–water partition coefficient (Wildman–Crippen LogP) is 4.14. The number of carbonyl (C=O) groups excluding carboxylic acids is 1. The monoisotopic (exact) mass is 355 g/mol. The van der Waals surface area contributed by atoms with Crippen LogP contribution in [0.4, 0.5) is 5.69 Å². The van der Waals surface area contributed by atoms with Crippen LogP contribution in [0.5, 0.6) is 0 Å². The normalized spacial score (nSPS) is 13.9. The average molecular weight is 356 g/mol. The third kappa shape index (κ3) is 4.06. The topological polar surface area (TPSA) is 66.4 Å². The fourth-order valence-electron chi connectivity index (χ4n) is 2.12. The van der Waals surface area contributed by atoms with Crippen LogP contribution < -0.4 is 5.32 Å². The number of aryl methyl sites for hydroxylation is 2. The number of rotatable bonds is 5. The number of carboxylic acid groups (broad SMARTS) is 1. The zero-order valence-electron chi connectivity index (χ0n) is 13.1.